The van der Waals surface area contributed by atoms with Gasteiger partial charge in [0.25, 0.3) is 0 Å². The van der Waals surface area contributed by atoms with Crippen molar-refractivity contribution in [3.05, 3.63) is 34.9 Å². The monoisotopic (exact) mass is 170 g/mol. The molecular weight excluding hydrogens is 156 g/mol. The first-order valence-corrected chi connectivity index (χ1v) is 4.36. The van der Waals surface area contributed by atoms with Crippen LogP contribution < -0.4 is 0 Å². The third-order valence-electron chi connectivity index (χ3n) is 1.19. The highest BCUT2D eigenvalue weighted by molar-refractivity contribution is 6.29. The molecule has 11 heavy (non-hydrogen) atoms. The van der Waals surface area contributed by atoms with Crippen molar-refractivity contribution < 1.29 is 0 Å². The molecule has 0 saturated carbocycles. The lowest BCUT2D eigenvalue weighted by Gasteiger charge is -1.88. The van der Waals surface area contributed by atoms with Gasteiger partial charge in [0.05, 0.1) is 0 Å². The first-order chi connectivity index (χ1) is 5.29. The molecule has 0 fully saturated rings. The lowest BCUT2D eigenvalue weighted by atomic mass is 10.3. The van der Waals surface area contributed by atoms with E-state index >= 15 is 0 Å². The molecule has 0 aliphatic heterocycles. The third-order valence-corrected chi connectivity index (χ3v) is 1.46. The average Bonchev–Trinajstić information content (AvgIpc) is 2.18. The summed E-state index contributed by atoms with van der Waals surface area (Å²) in [5.41, 5.74) is 1.22. The molecule has 0 atom stereocenters. The van der Waals surface area contributed by atoms with E-state index in [0.717, 1.165) is 11.5 Å². The molecule has 0 unspecified atom stereocenters. The van der Waals surface area contributed by atoms with E-state index in [2.05, 4.69) is 12.2 Å². The maximum absolute atomic E-state index is 5.78. The molecule has 0 nitrogen and oxygen atoms in total. The third kappa shape index (κ3) is 4.86. The Morgan fingerprint density at radius 3 is 2.64 bits per heavy atom. The van der Waals surface area contributed by atoms with Gasteiger partial charge in [-0.05, 0) is 18.6 Å². The highest BCUT2D eigenvalue weighted by Gasteiger charge is 1.91. The standard InChI is InChI=1S/C8H9Cl.C2H6/c1-7-4-2-3-5-8(9)6-7;1-2/h2-4,6H,5H2,1H3;1-2H3. The molecule has 0 saturated heterocycles. The van der Waals surface area contributed by atoms with Crippen molar-refractivity contribution in [2.24, 2.45) is 0 Å². The van der Waals surface area contributed by atoms with Crippen LogP contribution in [0.15, 0.2) is 34.9 Å². The Labute approximate surface area is 74.3 Å². The Balaban J connectivity index is 0.000000461. The van der Waals surface area contributed by atoms with Gasteiger partial charge in [0.1, 0.15) is 0 Å². The van der Waals surface area contributed by atoms with Crippen molar-refractivity contribution in [1.29, 1.82) is 0 Å². The molecule has 0 aromatic carbocycles. The Kier molecular flexibility index (Phi) is 5.96. The van der Waals surface area contributed by atoms with Crippen LogP contribution in [0.2, 0.25) is 0 Å². The van der Waals surface area contributed by atoms with Gasteiger partial charge in [-0.1, -0.05) is 43.7 Å². The molecule has 1 aliphatic carbocycles. The van der Waals surface area contributed by atoms with Gasteiger partial charge >= 0.3 is 0 Å². The topological polar surface area (TPSA) is 0 Å². The van der Waals surface area contributed by atoms with Gasteiger partial charge in [0.2, 0.25) is 0 Å². The number of rotatable bonds is 0. The highest BCUT2D eigenvalue weighted by Crippen LogP contribution is 2.14. The van der Waals surface area contributed by atoms with Gasteiger partial charge in [-0.25, -0.2) is 0 Å². The smallest absolute Gasteiger partial charge is 0.0221 e. The summed E-state index contributed by atoms with van der Waals surface area (Å²) < 4.78 is 0. The molecule has 0 aromatic rings. The molecule has 1 heteroatoms. The fourth-order valence-electron chi connectivity index (χ4n) is 0.755. The van der Waals surface area contributed by atoms with Crippen molar-refractivity contribution in [1.82, 2.24) is 0 Å². The summed E-state index contributed by atoms with van der Waals surface area (Å²) in [6, 6.07) is 0. The largest absolute Gasteiger partial charge is 0.0888 e. The SMILES string of the molecule is CC.CC1=CC=CCC(Cl)=C1. The maximum atomic E-state index is 5.78. The van der Waals surface area contributed by atoms with Gasteiger partial charge in [-0.15, -0.1) is 0 Å². The van der Waals surface area contributed by atoms with Crippen molar-refractivity contribution >= 4 is 11.6 Å². The van der Waals surface area contributed by atoms with Crippen molar-refractivity contribution in [3.63, 3.8) is 0 Å². The van der Waals surface area contributed by atoms with E-state index in [0.29, 0.717) is 0 Å². The summed E-state index contributed by atoms with van der Waals surface area (Å²) in [4.78, 5) is 0. The Morgan fingerprint density at radius 1 is 1.36 bits per heavy atom. The Morgan fingerprint density at radius 2 is 2.00 bits per heavy atom. The molecule has 62 valence electrons. The predicted molar refractivity (Wildman–Crippen MR) is 52.8 cm³/mol. The van der Waals surface area contributed by atoms with Crippen LogP contribution >= 0.6 is 11.6 Å². The van der Waals surface area contributed by atoms with Gasteiger partial charge < -0.3 is 0 Å². The summed E-state index contributed by atoms with van der Waals surface area (Å²) in [5, 5.41) is 0.914. The fourth-order valence-corrected chi connectivity index (χ4v) is 1.02. The van der Waals surface area contributed by atoms with Gasteiger partial charge in [0, 0.05) is 11.5 Å². The molecule has 0 radical (unpaired) electrons. The maximum Gasteiger partial charge on any atom is 0.0221 e. The highest BCUT2D eigenvalue weighted by atomic mass is 35.5. The molecule has 0 amide bonds. The lowest BCUT2D eigenvalue weighted by molar-refractivity contribution is 1.35. The van der Waals surface area contributed by atoms with Crippen LogP contribution in [0.1, 0.15) is 27.2 Å². The van der Waals surface area contributed by atoms with E-state index in [9.17, 15) is 0 Å². The van der Waals surface area contributed by atoms with E-state index in [1.807, 2.05) is 32.9 Å². The first-order valence-electron chi connectivity index (χ1n) is 3.98. The van der Waals surface area contributed by atoms with Crippen molar-refractivity contribution in [2.45, 2.75) is 27.2 Å². The molecular formula is C10H15Cl. The minimum atomic E-state index is 0.870. The van der Waals surface area contributed by atoms with Crippen LogP contribution in [0.5, 0.6) is 0 Å². The Bertz CT molecular complexity index is 185. The second-order valence-corrected chi connectivity index (χ2v) is 2.62. The van der Waals surface area contributed by atoms with E-state index in [4.69, 9.17) is 11.6 Å². The first kappa shape index (κ1) is 10.5. The molecule has 0 N–H and O–H groups in total. The summed E-state index contributed by atoms with van der Waals surface area (Å²) >= 11 is 5.78. The molecule has 0 aromatic heterocycles. The van der Waals surface area contributed by atoms with Crippen molar-refractivity contribution in [2.75, 3.05) is 0 Å². The zero-order chi connectivity index (χ0) is 8.69. The molecule has 0 bridgehead atoms. The second-order valence-electron chi connectivity index (χ2n) is 2.13. The number of hydrogen-bond acceptors (Lipinski definition) is 0. The van der Waals surface area contributed by atoms with E-state index in [-0.39, 0.29) is 0 Å². The van der Waals surface area contributed by atoms with Crippen LogP contribution in [-0.2, 0) is 0 Å². The zero-order valence-corrected chi connectivity index (χ0v) is 8.15. The number of hydrogen-bond donors (Lipinski definition) is 0. The van der Waals surface area contributed by atoms with Crippen LogP contribution in [-0.4, -0.2) is 0 Å². The zero-order valence-electron chi connectivity index (χ0n) is 7.39. The normalized spacial score (nSPS) is 15.6. The molecule has 0 heterocycles. The molecule has 0 spiro atoms. The minimum absolute atomic E-state index is 0.870. The quantitative estimate of drug-likeness (QED) is 0.515. The summed E-state index contributed by atoms with van der Waals surface area (Å²) in [5.74, 6) is 0. The van der Waals surface area contributed by atoms with Gasteiger partial charge in [-0.2, -0.15) is 0 Å². The van der Waals surface area contributed by atoms with Gasteiger partial charge in [0.15, 0.2) is 0 Å². The summed E-state index contributed by atoms with van der Waals surface area (Å²) in [6.07, 6.45) is 8.99. The average molecular weight is 171 g/mol. The molecule has 1 rings (SSSR count). The summed E-state index contributed by atoms with van der Waals surface area (Å²) in [6.45, 7) is 6.04. The fraction of sp³-hybridized carbons (Fsp3) is 0.400. The molecule has 1 aliphatic rings. The van der Waals surface area contributed by atoms with E-state index in [1.165, 1.54) is 5.57 Å². The lowest BCUT2D eigenvalue weighted by Crippen LogP contribution is -1.67. The van der Waals surface area contributed by atoms with E-state index in [1.54, 1.807) is 0 Å². The predicted octanol–water partition coefficient (Wildman–Crippen LogP) is 4.04. The van der Waals surface area contributed by atoms with E-state index < -0.39 is 0 Å². The number of halogens is 1. The number of allylic oxidation sites excluding steroid dienone is 6. The van der Waals surface area contributed by atoms with Gasteiger partial charge in [-0.3, -0.25) is 0 Å². The van der Waals surface area contributed by atoms with Crippen LogP contribution in [0.3, 0.4) is 0 Å². The Hall–Kier alpha value is -0.490. The summed E-state index contributed by atoms with van der Waals surface area (Å²) in [7, 11) is 0. The van der Waals surface area contributed by atoms with Crippen LogP contribution in [0.25, 0.3) is 0 Å². The minimum Gasteiger partial charge on any atom is -0.0888 e. The van der Waals surface area contributed by atoms with Crippen molar-refractivity contribution in [3.8, 4) is 0 Å². The van der Waals surface area contributed by atoms with Crippen LogP contribution in [0, 0.1) is 0 Å². The van der Waals surface area contributed by atoms with Crippen LogP contribution in [0.4, 0.5) is 0 Å². The second kappa shape index (κ2) is 6.23.